The predicted octanol–water partition coefficient (Wildman–Crippen LogP) is -0.383. The molecule has 1 aromatic heterocycles. The molecule has 0 radical (unpaired) electrons. The minimum Gasteiger partial charge on any atom is -0.302 e. The lowest BCUT2D eigenvalue weighted by molar-refractivity contribution is -0.446. The fourth-order valence-electron chi connectivity index (χ4n) is 0.620. The number of nitrogens with one attached hydrogen (secondary N) is 3. The molecule has 1 heterocycles. The van der Waals surface area contributed by atoms with Gasteiger partial charge in [-0.15, -0.1) is 0 Å². The van der Waals surface area contributed by atoms with E-state index in [-0.39, 0.29) is 11.8 Å². The molecule has 3 N–H and O–H groups in total. The molecule has 0 unspecified atom stereocenters. The second-order valence-electron chi connectivity index (χ2n) is 1.88. The SMILES string of the molecule is O=[N+]([O-])Nc1cnc(N[N+](=O)[O-])[nH]1. The first-order valence-electron chi connectivity index (χ1n) is 2.95. The van der Waals surface area contributed by atoms with Crippen LogP contribution >= 0.6 is 0 Å². The van der Waals surface area contributed by atoms with Gasteiger partial charge in [0.15, 0.2) is 15.9 Å². The molecule has 0 fully saturated rings. The van der Waals surface area contributed by atoms with Gasteiger partial charge in [-0.2, -0.15) is 0 Å². The van der Waals surface area contributed by atoms with Gasteiger partial charge < -0.3 is 4.98 Å². The summed E-state index contributed by atoms with van der Waals surface area (Å²) in [7, 11) is 0. The number of nitro groups is 2. The number of nitrogens with zero attached hydrogens (tertiary/aromatic N) is 3. The highest BCUT2D eigenvalue weighted by molar-refractivity contribution is 5.37. The summed E-state index contributed by atoms with van der Waals surface area (Å²) in [5.74, 6) is -0.233. The van der Waals surface area contributed by atoms with Crippen molar-refractivity contribution in [3.63, 3.8) is 0 Å². The number of aromatic amines is 1. The number of aromatic nitrogens is 2. The van der Waals surface area contributed by atoms with Crippen molar-refractivity contribution in [2.75, 3.05) is 10.9 Å². The second kappa shape index (κ2) is 3.34. The van der Waals surface area contributed by atoms with Crippen molar-refractivity contribution < 1.29 is 10.1 Å². The van der Waals surface area contributed by atoms with Gasteiger partial charge in [-0.3, -0.25) is 0 Å². The van der Waals surface area contributed by atoms with Crippen LogP contribution in [0.3, 0.4) is 0 Å². The summed E-state index contributed by atoms with van der Waals surface area (Å²) in [6.45, 7) is 0. The van der Waals surface area contributed by atoms with Gasteiger partial charge in [-0.25, -0.2) is 25.2 Å². The Hall–Kier alpha value is -2.39. The molecule has 0 aromatic carbocycles. The van der Waals surface area contributed by atoms with Crippen LogP contribution in [-0.2, 0) is 0 Å². The smallest absolute Gasteiger partial charge is 0.264 e. The van der Waals surface area contributed by atoms with Crippen LogP contribution in [0, 0.1) is 20.2 Å². The summed E-state index contributed by atoms with van der Waals surface area (Å²) < 4.78 is 0. The van der Waals surface area contributed by atoms with Crippen LogP contribution in [0.15, 0.2) is 6.20 Å². The van der Waals surface area contributed by atoms with Crippen LogP contribution in [0.4, 0.5) is 11.8 Å². The molecule has 10 heteroatoms. The van der Waals surface area contributed by atoms with Crippen molar-refractivity contribution in [2.45, 2.75) is 0 Å². The van der Waals surface area contributed by atoms with Crippen LogP contribution in [0.2, 0.25) is 0 Å². The number of anilines is 2. The Balaban J connectivity index is 2.63. The first-order chi connectivity index (χ1) is 6.08. The van der Waals surface area contributed by atoms with Crippen molar-refractivity contribution in [1.29, 1.82) is 0 Å². The molecule has 0 saturated carbocycles. The molecule has 0 atom stereocenters. The molecule has 0 spiro atoms. The van der Waals surface area contributed by atoms with Gasteiger partial charge in [0.2, 0.25) is 0 Å². The lowest BCUT2D eigenvalue weighted by Gasteiger charge is -1.90. The van der Waals surface area contributed by atoms with E-state index in [1.54, 1.807) is 10.9 Å². The fourth-order valence-corrected chi connectivity index (χ4v) is 0.620. The highest BCUT2D eigenvalue weighted by atomic mass is 16.7. The van der Waals surface area contributed by atoms with Gasteiger partial charge in [0.25, 0.3) is 5.95 Å². The normalized spacial score (nSPS) is 9.23. The number of hydrazine groups is 2. The van der Waals surface area contributed by atoms with E-state index < -0.39 is 10.1 Å². The third-order valence-corrected chi connectivity index (χ3v) is 0.985. The summed E-state index contributed by atoms with van der Waals surface area (Å²) in [6.07, 6.45) is 1.05. The van der Waals surface area contributed by atoms with Crippen molar-refractivity contribution >= 4 is 11.8 Å². The predicted molar refractivity (Wildman–Crippen MR) is 39.8 cm³/mol. The number of imidazole rings is 1. The third-order valence-electron chi connectivity index (χ3n) is 0.985. The number of rotatable bonds is 4. The van der Waals surface area contributed by atoms with Crippen molar-refractivity contribution in [3.8, 4) is 0 Å². The van der Waals surface area contributed by atoms with Gasteiger partial charge in [0.05, 0.1) is 6.20 Å². The average molecular weight is 188 g/mol. The van der Waals surface area contributed by atoms with E-state index in [9.17, 15) is 20.2 Å². The summed E-state index contributed by atoms with van der Waals surface area (Å²) in [6, 6.07) is 0. The standard InChI is InChI=1S/C3H4N6O4/c10-8(11)6-2-1-4-3(5-2)7-9(12)13/h1,6H,(H2,4,5,7). The third kappa shape index (κ3) is 2.61. The number of hydrogen-bond acceptors (Lipinski definition) is 5. The monoisotopic (exact) mass is 188 g/mol. The first kappa shape index (κ1) is 8.70. The summed E-state index contributed by atoms with van der Waals surface area (Å²) >= 11 is 0. The van der Waals surface area contributed by atoms with E-state index in [2.05, 4.69) is 9.97 Å². The van der Waals surface area contributed by atoms with Gasteiger partial charge in [0.1, 0.15) is 0 Å². The maximum atomic E-state index is 9.89. The lowest BCUT2D eigenvalue weighted by Crippen LogP contribution is -2.10. The van der Waals surface area contributed by atoms with E-state index in [1.165, 1.54) is 0 Å². The summed E-state index contributed by atoms with van der Waals surface area (Å²) in [4.78, 5) is 25.5. The molecule has 1 rings (SSSR count). The molecular formula is C3H4N6O4. The Labute approximate surface area is 70.2 Å². The first-order valence-corrected chi connectivity index (χ1v) is 2.95. The van der Waals surface area contributed by atoms with Crippen LogP contribution in [-0.4, -0.2) is 20.0 Å². The zero-order valence-electron chi connectivity index (χ0n) is 6.05. The molecule has 0 aliphatic carbocycles. The van der Waals surface area contributed by atoms with Crippen LogP contribution in [0.1, 0.15) is 0 Å². The molecule has 13 heavy (non-hydrogen) atoms. The summed E-state index contributed by atoms with van der Waals surface area (Å²) in [5, 5.41) is 18.1. The van der Waals surface area contributed by atoms with E-state index in [1.807, 2.05) is 0 Å². The highest BCUT2D eigenvalue weighted by Gasteiger charge is 2.06. The molecule has 0 saturated heterocycles. The highest BCUT2D eigenvalue weighted by Crippen LogP contribution is 2.06. The van der Waals surface area contributed by atoms with Gasteiger partial charge in [-0.1, -0.05) is 10.9 Å². The van der Waals surface area contributed by atoms with Gasteiger partial charge in [-0.05, 0) is 0 Å². The second-order valence-corrected chi connectivity index (χ2v) is 1.88. The Kier molecular flexibility index (Phi) is 2.23. The molecule has 0 aliphatic heterocycles. The van der Waals surface area contributed by atoms with E-state index >= 15 is 0 Å². The Morgan fingerprint density at radius 1 is 1.31 bits per heavy atom. The molecule has 0 aliphatic rings. The molecule has 10 nitrogen and oxygen atoms in total. The maximum absolute atomic E-state index is 9.89. The quantitative estimate of drug-likeness (QED) is 0.432. The molecule has 1 aromatic rings. The fraction of sp³-hybridized carbons (Fsp3) is 0. The minimum absolute atomic E-state index is 0.0469. The molecular weight excluding hydrogens is 184 g/mol. The van der Waals surface area contributed by atoms with Gasteiger partial charge >= 0.3 is 0 Å². The Bertz CT molecular complexity index is 302. The minimum atomic E-state index is -0.839. The van der Waals surface area contributed by atoms with Crippen LogP contribution in [0.25, 0.3) is 0 Å². The molecule has 0 bridgehead atoms. The Morgan fingerprint density at radius 3 is 2.46 bits per heavy atom. The zero-order valence-corrected chi connectivity index (χ0v) is 6.05. The van der Waals surface area contributed by atoms with E-state index in [0.29, 0.717) is 0 Å². The van der Waals surface area contributed by atoms with E-state index in [4.69, 9.17) is 0 Å². The van der Waals surface area contributed by atoms with Crippen LogP contribution < -0.4 is 10.9 Å². The average Bonchev–Trinajstić information content (AvgIpc) is 2.33. The number of hydrogen-bond donors (Lipinski definition) is 3. The van der Waals surface area contributed by atoms with Crippen molar-refractivity contribution in [3.05, 3.63) is 26.4 Å². The lowest BCUT2D eigenvalue weighted by atomic mass is 10.8. The maximum Gasteiger partial charge on any atom is 0.264 e. The topological polar surface area (TPSA) is 139 Å². The van der Waals surface area contributed by atoms with Crippen molar-refractivity contribution in [2.24, 2.45) is 0 Å². The van der Waals surface area contributed by atoms with E-state index in [0.717, 1.165) is 6.20 Å². The van der Waals surface area contributed by atoms with Gasteiger partial charge in [0, 0.05) is 0 Å². The molecule has 0 amide bonds. The largest absolute Gasteiger partial charge is 0.302 e. The van der Waals surface area contributed by atoms with Crippen LogP contribution in [0.5, 0.6) is 0 Å². The Morgan fingerprint density at radius 2 is 1.92 bits per heavy atom. The zero-order chi connectivity index (χ0) is 9.84. The molecule has 70 valence electrons. The number of H-pyrrole nitrogens is 1. The summed E-state index contributed by atoms with van der Waals surface area (Å²) in [5.41, 5.74) is 3.43. The van der Waals surface area contributed by atoms with Crippen molar-refractivity contribution in [1.82, 2.24) is 9.97 Å².